The van der Waals surface area contributed by atoms with Gasteiger partial charge in [0.05, 0.1) is 0 Å². The summed E-state index contributed by atoms with van der Waals surface area (Å²) in [5, 5.41) is 4.05. The van der Waals surface area contributed by atoms with Crippen LogP contribution in [-0.2, 0) is 16.4 Å². The fraction of sp³-hybridized carbons (Fsp3) is 0.571. The van der Waals surface area contributed by atoms with Crippen LogP contribution >= 0.6 is 0 Å². The van der Waals surface area contributed by atoms with Gasteiger partial charge in [-0.15, -0.1) is 0 Å². The molecule has 0 saturated carbocycles. The van der Waals surface area contributed by atoms with Crippen molar-refractivity contribution >= 4 is 12.6 Å². The molecular weight excluding hydrogens is 155 g/mol. The summed E-state index contributed by atoms with van der Waals surface area (Å²) >= 11 is 0. The maximum atomic E-state index is 5.40. The van der Waals surface area contributed by atoms with Gasteiger partial charge in [0.2, 0.25) is 0 Å². The van der Waals surface area contributed by atoms with Crippen LogP contribution in [0.3, 0.4) is 0 Å². The minimum atomic E-state index is -0.201. The van der Waals surface area contributed by atoms with Crippen molar-refractivity contribution in [2.45, 2.75) is 6.42 Å². The number of nitrogens with zero attached hydrogens (tertiary/aromatic N) is 2. The first-order valence-electron chi connectivity index (χ1n) is 4.08. The van der Waals surface area contributed by atoms with Crippen LogP contribution in [0.15, 0.2) is 12.4 Å². The maximum Gasteiger partial charge on any atom is 0.497 e. The third kappa shape index (κ3) is 1.51. The largest absolute Gasteiger partial charge is 0.497 e. The van der Waals surface area contributed by atoms with Crippen molar-refractivity contribution in [3.8, 4) is 0 Å². The van der Waals surface area contributed by atoms with Crippen LogP contribution in [0.4, 0.5) is 0 Å². The van der Waals surface area contributed by atoms with E-state index in [4.69, 9.17) is 9.31 Å². The van der Waals surface area contributed by atoms with Crippen molar-refractivity contribution < 1.29 is 9.31 Å². The number of aromatic nitrogens is 2. The summed E-state index contributed by atoms with van der Waals surface area (Å²) in [7, 11) is 1.68. The Morgan fingerprint density at radius 2 is 2.25 bits per heavy atom. The van der Waals surface area contributed by atoms with E-state index in [2.05, 4.69) is 5.10 Å². The van der Waals surface area contributed by atoms with E-state index in [0.717, 1.165) is 25.1 Å². The van der Waals surface area contributed by atoms with Crippen molar-refractivity contribution in [3.63, 3.8) is 0 Å². The number of aryl methyl sites for hydroxylation is 1. The molecule has 0 amide bonds. The molecule has 0 aliphatic carbocycles. The molecule has 2 rings (SSSR count). The second-order valence-corrected chi connectivity index (χ2v) is 2.87. The fourth-order valence-corrected chi connectivity index (χ4v) is 1.24. The molecule has 1 aliphatic heterocycles. The summed E-state index contributed by atoms with van der Waals surface area (Å²) in [6.45, 7) is 1.55. The summed E-state index contributed by atoms with van der Waals surface area (Å²) in [5.74, 6) is 0. The molecule has 0 spiro atoms. The van der Waals surface area contributed by atoms with Crippen molar-refractivity contribution in [2.75, 3.05) is 13.2 Å². The van der Waals surface area contributed by atoms with Crippen LogP contribution in [0.25, 0.3) is 0 Å². The zero-order valence-corrected chi connectivity index (χ0v) is 7.06. The van der Waals surface area contributed by atoms with Gasteiger partial charge in [0.15, 0.2) is 0 Å². The molecular formula is C7H11BN2O2. The highest BCUT2D eigenvalue weighted by Gasteiger charge is 2.25. The molecule has 1 aromatic heterocycles. The first-order chi connectivity index (χ1) is 5.86. The van der Waals surface area contributed by atoms with Crippen molar-refractivity contribution in [2.24, 2.45) is 7.05 Å². The molecule has 0 atom stereocenters. The third-order valence-corrected chi connectivity index (χ3v) is 1.82. The van der Waals surface area contributed by atoms with Crippen LogP contribution in [0.2, 0.25) is 0 Å². The van der Waals surface area contributed by atoms with Gasteiger partial charge in [0.25, 0.3) is 0 Å². The molecule has 0 radical (unpaired) electrons. The predicted molar refractivity (Wildman–Crippen MR) is 45.1 cm³/mol. The SMILES string of the molecule is Cn1cc(B2OCCCO2)cn1. The first kappa shape index (κ1) is 7.82. The second kappa shape index (κ2) is 3.29. The summed E-state index contributed by atoms with van der Waals surface area (Å²) < 4.78 is 12.6. The van der Waals surface area contributed by atoms with Crippen LogP contribution in [-0.4, -0.2) is 30.1 Å². The highest BCUT2D eigenvalue weighted by molar-refractivity contribution is 6.61. The van der Waals surface area contributed by atoms with Gasteiger partial charge in [-0.1, -0.05) is 0 Å². The molecule has 1 saturated heterocycles. The number of rotatable bonds is 1. The lowest BCUT2D eigenvalue weighted by Crippen LogP contribution is -2.40. The summed E-state index contributed by atoms with van der Waals surface area (Å²) in [6.07, 6.45) is 4.67. The molecule has 1 aliphatic rings. The average Bonchev–Trinajstić information content (AvgIpc) is 2.54. The highest BCUT2D eigenvalue weighted by Crippen LogP contribution is 2.00. The summed E-state index contributed by atoms with van der Waals surface area (Å²) in [6, 6.07) is 0. The standard InChI is InChI=1S/C7H11BN2O2/c1-10-6-7(5-9-10)8-11-3-2-4-12-8/h5-6H,2-4H2,1H3. The van der Waals surface area contributed by atoms with Crippen LogP contribution in [0, 0.1) is 0 Å². The Morgan fingerprint density at radius 1 is 1.50 bits per heavy atom. The van der Waals surface area contributed by atoms with Crippen molar-refractivity contribution in [1.82, 2.24) is 9.78 Å². The minimum Gasteiger partial charge on any atom is -0.407 e. The molecule has 0 N–H and O–H groups in total. The summed E-state index contributed by atoms with van der Waals surface area (Å²) in [5.41, 5.74) is 0.997. The van der Waals surface area contributed by atoms with Crippen LogP contribution in [0.5, 0.6) is 0 Å². The third-order valence-electron chi connectivity index (χ3n) is 1.82. The van der Waals surface area contributed by atoms with E-state index in [0.29, 0.717) is 0 Å². The topological polar surface area (TPSA) is 36.3 Å². The second-order valence-electron chi connectivity index (χ2n) is 2.87. The lowest BCUT2D eigenvalue weighted by molar-refractivity contribution is 0.143. The maximum absolute atomic E-state index is 5.40. The monoisotopic (exact) mass is 166 g/mol. The Labute approximate surface area is 71.6 Å². The Bertz CT molecular complexity index is 258. The molecule has 64 valence electrons. The molecule has 5 heteroatoms. The predicted octanol–water partition coefficient (Wildman–Crippen LogP) is -0.448. The van der Waals surface area contributed by atoms with E-state index in [-0.39, 0.29) is 7.12 Å². The van der Waals surface area contributed by atoms with Gasteiger partial charge in [-0.3, -0.25) is 4.68 Å². The van der Waals surface area contributed by atoms with E-state index in [1.165, 1.54) is 0 Å². The lowest BCUT2D eigenvalue weighted by Gasteiger charge is -2.18. The molecule has 4 nitrogen and oxygen atoms in total. The molecule has 0 unspecified atom stereocenters. The molecule has 1 fully saturated rings. The van der Waals surface area contributed by atoms with E-state index in [1.807, 2.05) is 13.2 Å². The minimum absolute atomic E-state index is 0.201. The quantitative estimate of drug-likeness (QED) is 0.530. The zero-order chi connectivity index (χ0) is 8.39. The number of hydrogen-bond donors (Lipinski definition) is 0. The number of hydrogen-bond acceptors (Lipinski definition) is 3. The van der Waals surface area contributed by atoms with E-state index in [1.54, 1.807) is 10.9 Å². The normalized spacial score (nSPS) is 18.2. The molecule has 0 aromatic carbocycles. The van der Waals surface area contributed by atoms with Gasteiger partial charge < -0.3 is 9.31 Å². The summed E-state index contributed by atoms with van der Waals surface area (Å²) in [4.78, 5) is 0. The van der Waals surface area contributed by atoms with Crippen LogP contribution in [0.1, 0.15) is 6.42 Å². The molecule has 12 heavy (non-hydrogen) atoms. The molecule has 0 bridgehead atoms. The zero-order valence-electron chi connectivity index (χ0n) is 7.06. The molecule has 2 heterocycles. The van der Waals surface area contributed by atoms with Gasteiger partial charge in [0, 0.05) is 38.1 Å². The van der Waals surface area contributed by atoms with E-state index in [9.17, 15) is 0 Å². The van der Waals surface area contributed by atoms with Crippen LogP contribution < -0.4 is 5.46 Å². The van der Waals surface area contributed by atoms with Gasteiger partial charge in [-0.2, -0.15) is 5.10 Å². The Kier molecular flexibility index (Phi) is 2.14. The van der Waals surface area contributed by atoms with Gasteiger partial charge in [-0.25, -0.2) is 0 Å². The van der Waals surface area contributed by atoms with E-state index >= 15 is 0 Å². The van der Waals surface area contributed by atoms with Crippen molar-refractivity contribution in [1.29, 1.82) is 0 Å². The Morgan fingerprint density at radius 3 is 2.83 bits per heavy atom. The Balaban J connectivity index is 2.08. The fourth-order valence-electron chi connectivity index (χ4n) is 1.24. The smallest absolute Gasteiger partial charge is 0.407 e. The van der Waals surface area contributed by atoms with Gasteiger partial charge in [0.1, 0.15) is 0 Å². The Hall–Kier alpha value is -0.805. The highest BCUT2D eigenvalue weighted by atomic mass is 16.6. The van der Waals surface area contributed by atoms with Crippen molar-refractivity contribution in [3.05, 3.63) is 12.4 Å². The lowest BCUT2D eigenvalue weighted by atomic mass is 9.80. The van der Waals surface area contributed by atoms with E-state index < -0.39 is 0 Å². The van der Waals surface area contributed by atoms with Gasteiger partial charge in [-0.05, 0) is 6.42 Å². The first-order valence-corrected chi connectivity index (χ1v) is 4.08. The average molecular weight is 166 g/mol. The van der Waals surface area contributed by atoms with Gasteiger partial charge >= 0.3 is 7.12 Å². The molecule has 1 aromatic rings.